The third-order valence-electron chi connectivity index (χ3n) is 5.43. The predicted octanol–water partition coefficient (Wildman–Crippen LogP) is 6.99. The standard InChI is InChI=1S/C23H16F6O/c1-13-11-12-14-7-3-4-8-15(14)18(13)20-19(16-9-5-6-10-17(16)30-2)21(24,25)23(28,29)22(20,26)27/h3-12H,1-2H3. The zero-order valence-corrected chi connectivity index (χ0v) is 15.9. The van der Waals surface area contributed by atoms with E-state index in [4.69, 9.17) is 4.74 Å². The number of methoxy groups -OCH3 is 1. The highest BCUT2D eigenvalue weighted by Crippen LogP contribution is 2.66. The number of hydrogen-bond acceptors (Lipinski definition) is 1. The summed E-state index contributed by atoms with van der Waals surface area (Å²) in [7, 11) is 1.16. The summed E-state index contributed by atoms with van der Waals surface area (Å²) in [6.45, 7) is 1.43. The molecule has 1 nitrogen and oxygen atoms in total. The number of ether oxygens (including phenoxy) is 1. The first-order chi connectivity index (χ1) is 14.1. The highest BCUT2D eigenvalue weighted by Gasteiger charge is 2.80. The molecule has 3 aromatic carbocycles. The maximum Gasteiger partial charge on any atom is 0.380 e. The molecule has 7 heteroatoms. The summed E-state index contributed by atoms with van der Waals surface area (Å²) in [6, 6.07) is 14.4. The lowest BCUT2D eigenvalue weighted by atomic mass is 9.88. The summed E-state index contributed by atoms with van der Waals surface area (Å²) >= 11 is 0. The molecule has 0 spiro atoms. The maximum absolute atomic E-state index is 15.1. The molecule has 1 aliphatic carbocycles. The molecule has 0 amide bonds. The van der Waals surface area contributed by atoms with Gasteiger partial charge in [0.1, 0.15) is 5.75 Å². The minimum absolute atomic E-state index is 0.185. The van der Waals surface area contributed by atoms with Gasteiger partial charge in [0.25, 0.3) is 0 Å². The van der Waals surface area contributed by atoms with Crippen molar-refractivity contribution in [3.63, 3.8) is 0 Å². The van der Waals surface area contributed by atoms with E-state index in [-0.39, 0.29) is 22.3 Å². The molecule has 0 N–H and O–H groups in total. The highest BCUT2D eigenvalue weighted by molar-refractivity contribution is 6.08. The van der Waals surface area contributed by atoms with E-state index in [2.05, 4.69) is 0 Å². The minimum Gasteiger partial charge on any atom is -0.496 e. The fourth-order valence-electron chi connectivity index (χ4n) is 3.97. The topological polar surface area (TPSA) is 9.23 Å². The fraction of sp³-hybridized carbons (Fsp3) is 0.217. The summed E-state index contributed by atoms with van der Waals surface area (Å²) in [5.41, 5.74) is -3.44. The Kier molecular flexibility index (Phi) is 4.42. The zero-order valence-electron chi connectivity index (χ0n) is 15.9. The average molecular weight is 422 g/mol. The molecule has 0 saturated heterocycles. The smallest absolute Gasteiger partial charge is 0.380 e. The van der Waals surface area contributed by atoms with Crippen LogP contribution in [0.15, 0.2) is 60.7 Å². The minimum atomic E-state index is -5.62. The van der Waals surface area contributed by atoms with E-state index in [1.165, 1.54) is 43.3 Å². The number of alkyl halides is 6. The van der Waals surface area contributed by atoms with Crippen LogP contribution in [-0.2, 0) is 0 Å². The number of benzene rings is 3. The molecule has 0 aliphatic heterocycles. The summed E-state index contributed by atoms with van der Waals surface area (Å²) < 4.78 is 94.4. The van der Waals surface area contributed by atoms with Crippen LogP contribution in [0.4, 0.5) is 26.3 Å². The van der Waals surface area contributed by atoms with Crippen LogP contribution in [0.2, 0.25) is 0 Å². The molecular weight excluding hydrogens is 406 g/mol. The third-order valence-corrected chi connectivity index (χ3v) is 5.43. The van der Waals surface area contributed by atoms with Gasteiger partial charge in [0, 0.05) is 16.7 Å². The maximum atomic E-state index is 15.1. The SMILES string of the molecule is COc1ccccc1C1=C(c2c(C)ccc3ccccc23)C(F)(F)C(F)(F)C1(F)F. The second-order valence-corrected chi connectivity index (χ2v) is 7.15. The predicted molar refractivity (Wildman–Crippen MR) is 103 cm³/mol. The number of para-hydroxylation sites is 1. The Labute approximate surface area is 168 Å². The number of hydrogen-bond donors (Lipinski definition) is 0. The summed E-state index contributed by atoms with van der Waals surface area (Å²) in [4.78, 5) is 0. The molecule has 1 aliphatic rings. The summed E-state index contributed by atoms with van der Waals surface area (Å²) in [6.07, 6.45) is 0. The molecule has 0 radical (unpaired) electrons. The molecule has 0 atom stereocenters. The first-order valence-electron chi connectivity index (χ1n) is 9.06. The Morgan fingerprint density at radius 3 is 2.00 bits per heavy atom. The van der Waals surface area contributed by atoms with Crippen molar-refractivity contribution in [2.24, 2.45) is 0 Å². The normalized spacial score (nSPS) is 19.3. The van der Waals surface area contributed by atoms with Gasteiger partial charge in [0.15, 0.2) is 0 Å². The molecule has 4 rings (SSSR count). The van der Waals surface area contributed by atoms with Crippen LogP contribution in [0.5, 0.6) is 5.75 Å². The van der Waals surface area contributed by atoms with E-state index in [1.807, 2.05) is 0 Å². The van der Waals surface area contributed by atoms with Crippen molar-refractivity contribution < 1.29 is 31.1 Å². The number of rotatable bonds is 3. The quantitative estimate of drug-likeness (QED) is 0.414. The van der Waals surface area contributed by atoms with Crippen molar-refractivity contribution in [1.82, 2.24) is 0 Å². The Morgan fingerprint density at radius 2 is 1.30 bits per heavy atom. The number of allylic oxidation sites excluding steroid dienone is 2. The van der Waals surface area contributed by atoms with Gasteiger partial charge in [-0.2, -0.15) is 26.3 Å². The van der Waals surface area contributed by atoms with E-state index in [0.717, 1.165) is 13.2 Å². The molecular formula is C23H16F6O. The van der Waals surface area contributed by atoms with Crippen molar-refractivity contribution >= 4 is 21.9 Å². The average Bonchev–Trinajstić information content (AvgIpc) is 2.82. The van der Waals surface area contributed by atoms with Crippen LogP contribution in [0.1, 0.15) is 16.7 Å². The third kappa shape index (κ3) is 2.50. The lowest BCUT2D eigenvalue weighted by Gasteiger charge is -2.26. The van der Waals surface area contributed by atoms with Gasteiger partial charge in [-0.25, -0.2) is 0 Å². The largest absolute Gasteiger partial charge is 0.496 e. The van der Waals surface area contributed by atoms with Crippen LogP contribution >= 0.6 is 0 Å². The zero-order chi connectivity index (χ0) is 21.9. The molecule has 0 unspecified atom stereocenters. The van der Waals surface area contributed by atoms with Gasteiger partial charge >= 0.3 is 17.8 Å². The van der Waals surface area contributed by atoms with Crippen LogP contribution in [0, 0.1) is 6.92 Å². The number of fused-ring (bicyclic) bond motifs is 1. The summed E-state index contributed by atoms with van der Waals surface area (Å²) in [5, 5.41) is 0.660. The Hall–Kier alpha value is -2.96. The Bertz CT molecular complexity index is 1180. The summed E-state index contributed by atoms with van der Waals surface area (Å²) in [5.74, 6) is -16.0. The van der Waals surface area contributed by atoms with Gasteiger partial charge in [0.2, 0.25) is 0 Å². The first kappa shape index (κ1) is 20.3. The van der Waals surface area contributed by atoms with E-state index < -0.39 is 34.5 Å². The lowest BCUT2D eigenvalue weighted by Crippen LogP contribution is -2.49. The van der Waals surface area contributed by atoms with Crippen LogP contribution < -0.4 is 4.74 Å². The second-order valence-electron chi connectivity index (χ2n) is 7.15. The van der Waals surface area contributed by atoms with Crippen molar-refractivity contribution in [3.8, 4) is 5.75 Å². The van der Waals surface area contributed by atoms with Gasteiger partial charge in [-0.3, -0.25) is 0 Å². The molecule has 0 heterocycles. The van der Waals surface area contributed by atoms with Gasteiger partial charge in [-0.05, 0) is 34.9 Å². The second kappa shape index (κ2) is 6.52. The van der Waals surface area contributed by atoms with Gasteiger partial charge in [-0.15, -0.1) is 0 Å². The van der Waals surface area contributed by atoms with Gasteiger partial charge in [-0.1, -0.05) is 54.6 Å². The van der Waals surface area contributed by atoms with Crippen LogP contribution in [0.3, 0.4) is 0 Å². The van der Waals surface area contributed by atoms with E-state index in [1.54, 1.807) is 18.2 Å². The molecule has 0 aromatic heterocycles. The molecule has 0 saturated carbocycles. The molecule has 3 aromatic rings. The van der Waals surface area contributed by atoms with Crippen LogP contribution in [0.25, 0.3) is 21.9 Å². The van der Waals surface area contributed by atoms with Crippen molar-refractivity contribution in [1.29, 1.82) is 0 Å². The molecule has 0 fully saturated rings. The van der Waals surface area contributed by atoms with E-state index >= 15 is 17.6 Å². The first-order valence-corrected chi connectivity index (χ1v) is 9.06. The van der Waals surface area contributed by atoms with Gasteiger partial charge < -0.3 is 4.74 Å². The number of halogens is 6. The molecule has 0 bridgehead atoms. The molecule has 156 valence electrons. The Balaban J connectivity index is 2.23. The van der Waals surface area contributed by atoms with Gasteiger partial charge in [0.05, 0.1) is 7.11 Å². The van der Waals surface area contributed by atoms with Crippen molar-refractivity contribution in [3.05, 3.63) is 77.4 Å². The van der Waals surface area contributed by atoms with Crippen LogP contribution in [-0.4, -0.2) is 24.9 Å². The fourth-order valence-corrected chi connectivity index (χ4v) is 3.97. The van der Waals surface area contributed by atoms with Crippen molar-refractivity contribution in [2.75, 3.05) is 7.11 Å². The monoisotopic (exact) mass is 422 g/mol. The Morgan fingerprint density at radius 1 is 0.700 bits per heavy atom. The van der Waals surface area contributed by atoms with E-state index in [9.17, 15) is 8.78 Å². The highest BCUT2D eigenvalue weighted by atomic mass is 19.3. The van der Waals surface area contributed by atoms with Crippen molar-refractivity contribution in [2.45, 2.75) is 24.7 Å². The lowest BCUT2D eigenvalue weighted by molar-refractivity contribution is -0.254. The molecule has 30 heavy (non-hydrogen) atoms. The van der Waals surface area contributed by atoms with E-state index in [0.29, 0.717) is 5.39 Å². The number of aryl methyl sites for hydroxylation is 1.